The highest BCUT2D eigenvalue weighted by Gasteiger charge is 2.33. The van der Waals surface area contributed by atoms with Gasteiger partial charge in [0, 0.05) is 15.7 Å². The van der Waals surface area contributed by atoms with Crippen molar-refractivity contribution in [2.45, 2.75) is 0 Å². The molecule has 2 aromatic rings. The predicted octanol–water partition coefficient (Wildman–Crippen LogP) is 4.39. The Morgan fingerprint density at radius 1 is 1.16 bits per heavy atom. The summed E-state index contributed by atoms with van der Waals surface area (Å²) in [5.74, 6) is -1.07. The van der Waals surface area contributed by atoms with Gasteiger partial charge in [0.2, 0.25) is 0 Å². The number of carbonyl (C=O) groups excluding carboxylic acids is 3. The van der Waals surface area contributed by atoms with Gasteiger partial charge in [-0.15, -0.1) is 0 Å². The van der Waals surface area contributed by atoms with Gasteiger partial charge in [-0.1, -0.05) is 59.3 Å². The number of nitrogens with one attached hydrogen (secondary N) is 1. The van der Waals surface area contributed by atoms with Crippen LogP contribution in [0.4, 0.5) is 5.69 Å². The van der Waals surface area contributed by atoms with Crippen LogP contribution in [0.1, 0.15) is 5.56 Å². The number of methoxy groups -OCH3 is 1. The second-order valence-corrected chi connectivity index (χ2v) is 8.96. The fourth-order valence-corrected chi connectivity index (χ4v) is 4.41. The van der Waals surface area contributed by atoms with Crippen LogP contribution in [-0.4, -0.2) is 47.3 Å². The van der Waals surface area contributed by atoms with Gasteiger partial charge in [-0.3, -0.25) is 19.3 Å². The molecule has 1 heterocycles. The molecule has 2 aromatic carbocycles. The summed E-state index contributed by atoms with van der Waals surface area (Å²) in [6, 6.07) is 11.7. The number of thiocarbonyl (C=S) groups is 1. The summed E-state index contributed by atoms with van der Waals surface area (Å²) < 4.78 is 10.3. The lowest BCUT2D eigenvalue weighted by molar-refractivity contribution is -0.148. The third-order valence-corrected chi connectivity index (χ3v) is 5.90. The summed E-state index contributed by atoms with van der Waals surface area (Å²) in [6.45, 7) is -0.944. The highest BCUT2D eigenvalue weighted by Crippen LogP contribution is 2.32. The SMILES string of the molecule is COc1ccc(/C=C2\SC(=S)N(CC(=O)OCC(=O)Nc3cc(Cl)cc(Cl)c3)C2=O)cc1. The van der Waals surface area contributed by atoms with Crippen LogP contribution in [0.5, 0.6) is 5.75 Å². The van der Waals surface area contributed by atoms with E-state index in [1.165, 1.54) is 18.2 Å². The van der Waals surface area contributed by atoms with E-state index in [1.807, 2.05) is 0 Å². The number of anilines is 1. The van der Waals surface area contributed by atoms with Crippen molar-refractivity contribution >= 4 is 81.0 Å². The van der Waals surface area contributed by atoms with E-state index >= 15 is 0 Å². The number of hydrogen-bond donors (Lipinski definition) is 1. The lowest BCUT2D eigenvalue weighted by atomic mass is 10.2. The number of thioether (sulfide) groups is 1. The third-order valence-electron chi connectivity index (χ3n) is 4.08. The van der Waals surface area contributed by atoms with Crippen LogP contribution in [0, 0.1) is 0 Å². The van der Waals surface area contributed by atoms with E-state index in [0.29, 0.717) is 26.4 Å². The summed E-state index contributed by atoms with van der Waals surface area (Å²) in [6.07, 6.45) is 1.67. The molecule has 166 valence electrons. The number of nitrogens with zero attached hydrogens (tertiary/aromatic N) is 1. The Labute approximate surface area is 203 Å². The molecule has 0 unspecified atom stereocenters. The molecule has 11 heteroatoms. The Bertz CT molecular complexity index is 1090. The standard InChI is InChI=1S/C21H16Cl2N2O5S2/c1-29-16-4-2-12(3-5-16)6-17-20(28)25(21(31)32-17)10-19(27)30-11-18(26)24-15-8-13(22)7-14(23)9-15/h2-9H,10-11H2,1H3,(H,24,26)/b17-6-. The molecule has 2 amide bonds. The first-order chi connectivity index (χ1) is 15.2. The molecule has 0 saturated carbocycles. The lowest BCUT2D eigenvalue weighted by Crippen LogP contribution is -2.35. The highest BCUT2D eigenvalue weighted by molar-refractivity contribution is 8.26. The number of halogens is 2. The first kappa shape index (κ1) is 24.1. The topological polar surface area (TPSA) is 84.9 Å². The molecule has 1 aliphatic rings. The molecule has 1 saturated heterocycles. The number of amides is 2. The zero-order valence-corrected chi connectivity index (χ0v) is 19.7. The van der Waals surface area contributed by atoms with E-state index in [9.17, 15) is 14.4 Å². The third kappa shape index (κ3) is 6.46. The van der Waals surface area contributed by atoms with Crippen molar-refractivity contribution in [2.24, 2.45) is 0 Å². The monoisotopic (exact) mass is 510 g/mol. The maximum atomic E-state index is 12.6. The van der Waals surface area contributed by atoms with Gasteiger partial charge in [0.05, 0.1) is 12.0 Å². The van der Waals surface area contributed by atoms with E-state index in [0.717, 1.165) is 22.2 Å². The van der Waals surface area contributed by atoms with E-state index in [4.69, 9.17) is 44.9 Å². The second kappa shape index (κ2) is 10.8. The highest BCUT2D eigenvalue weighted by atomic mass is 35.5. The fourth-order valence-electron chi connectivity index (χ4n) is 2.63. The van der Waals surface area contributed by atoms with Gasteiger partial charge in [0.1, 0.15) is 16.6 Å². The molecule has 1 fully saturated rings. The first-order valence-corrected chi connectivity index (χ1v) is 11.0. The van der Waals surface area contributed by atoms with Crippen LogP contribution in [0.15, 0.2) is 47.4 Å². The zero-order chi connectivity index (χ0) is 23.3. The minimum absolute atomic E-state index is 0.227. The molecule has 0 atom stereocenters. The van der Waals surface area contributed by atoms with Crippen LogP contribution in [0.2, 0.25) is 10.0 Å². The fraction of sp³-hybridized carbons (Fsp3) is 0.143. The van der Waals surface area contributed by atoms with E-state index in [2.05, 4.69) is 5.32 Å². The van der Waals surface area contributed by atoms with Crippen LogP contribution in [0.25, 0.3) is 6.08 Å². The predicted molar refractivity (Wildman–Crippen MR) is 129 cm³/mol. The van der Waals surface area contributed by atoms with Crippen molar-refractivity contribution in [3.63, 3.8) is 0 Å². The van der Waals surface area contributed by atoms with Gasteiger partial charge < -0.3 is 14.8 Å². The van der Waals surface area contributed by atoms with Crippen molar-refractivity contribution in [1.82, 2.24) is 4.90 Å². The summed E-state index contributed by atoms with van der Waals surface area (Å²) >= 11 is 18.0. The van der Waals surface area contributed by atoms with Crippen molar-refractivity contribution in [3.05, 3.63) is 63.0 Å². The minimum atomic E-state index is -0.772. The molecule has 7 nitrogen and oxygen atoms in total. The quantitative estimate of drug-likeness (QED) is 0.336. The average molecular weight is 511 g/mol. The van der Waals surface area contributed by atoms with Crippen molar-refractivity contribution in [3.8, 4) is 5.75 Å². The minimum Gasteiger partial charge on any atom is -0.497 e. The molecule has 3 rings (SSSR count). The van der Waals surface area contributed by atoms with Gasteiger partial charge in [0.25, 0.3) is 11.8 Å². The maximum Gasteiger partial charge on any atom is 0.326 e. The van der Waals surface area contributed by atoms with Crippen LogP contribution in [0.3, 0.4) is 0 Å². The summed E-state index contributed by atoms with van der Waals surface area (Å²) in [7, 11) is 1.57. The molecule has 1 aliphatic heterocycles. The van der Waals surface area contributed by atoms with Gasteiger partial charge in [0.15, 0.2) is 6.61 Å². The lowest BCUT2D eigenvalue weighted by Gasteiger charge is -2.13. The first-order valence-electron chi connectivity index (χ1n) is 9.06. The molecular weight excluding hydrogens is 495 g/mol. The number of carbonyl (C=O) groups is 3. The molecule has 32 heavy (non-hydrogen) atoms. The Morgan fingerprint density at radius 2 is 1.81 bits per heavy atom. The van der Waals surface area contributed by atoms with Crippen LogP contribution in [-0.2, 0) is 19.1 Å². The Kier molecular flexibility index (Phi) is 8.14. The van der Waals surface area contributed by atoms with E-state index < -0.39 is 30.9 Å². The van der Waals surface area contributed by atoms with Crippen molar-refractivity contribution in [1.29, 1.82) is 0 Å². The number of ether oxygens (including phenoxy) is 2. The van der Waals surface area contributed by atoms with Crippen LogP contribution >= 0.6 is 47.2 Å². The molecule has 1 N–H and O–H groups in total. The number of rotatable bonds is 7. The van der Waals surface area contributed by atoms with Crippen LogP contribution < -0.4 is 10.1 Å². The van der Waals surface area contributed by atoms with E-state index in [1.54, 1.807) is 37.5 Å². The molecule has 0 bridgehead atoms. The summed E-state index contributed by atoms with van der Waals surface area (Å²) in [4.78, 5) is 38.3. The smallest absolute Gasteiger partial charge is 0.326 e. The van der Waals surface area contributed by atoms with Gasteiger partial charge >= 0.3 is 5.97 Å². The summed E-state index contributed by atoms with van der Waals surface area (Å²) in [5, 5.41) is 3.22. The van der Waals surface area contributed by atoms with Gasteiger partial charge in [-0.2, -0.15) is 0 Å². The zero-order valence-electron chi connectivity index (χ0n) is 16.6. The molecule has 0 aliphatic carbocycles. The second-order valence-electron chi connectivity index (χ2n) is 6.41. The Hall–Kier alpha value is -2.59. The van der Waals surface area contributed by atoms with Gasteiger partial charge in [-0.05, 0) is 42.0 Å². The maximum absolute atomic E-state index is 12.6. The molecule has 0 aromatic heterocycles. The molecular formula is C21H16Cl2N2O5S2. The number of hydrogen-bond acceptors (Lipinski definition) is 7. The van der Waals surface area contributed by atoms with Crippen molar-refractivity contribution < 1.29 is 23.9 Å². The van der Waals surface area contributed by atoms with Crippen molar-refractivity contribution in [2.75, 3.05) is 25.6 Å². The summed E-state index contributed by atoms with van der Waals surface area (Å²) in [5.41, 5.74) is 1.15. The van der Waals surface area contributed by atoms with E-state index in [-0.39, 0.29) is 4.32 Å². The Balaban J connectivity index is 1.54. The largest absolute Gasteiger partial charge is 0.497 e. The average Bonchev–Trinajstić information content (AvgIpc) is 2.99. The normalized spacial score (nSPS) is 14.6. The molecule has 0 spiro atoms. The number of esters is 1. The van der Waals surface area contributed by atoms with Gasteiger partial charge in [-0.25, -0.2) is 0 Å². The molecule has 0 radical (unpaired) electrons. The number of benzene rings is 2. The Morgan fingerprint density at radius 3 is 2.44 bits per heavy atom.